The summed E-state index contributed by atoms with van der Waals surface area (Å²) >= 11 is 0. The maximum atomic E-state index is 12.4. The van der Waals surface area contributed by atoms with Crippen LogP contribution in [0.25, 0.3) is 0 Å². The summed E-state index contributed by atoms with van der Waals surface area (Å²) in [6.07, 6.45) is 5.31. The highest BCUT2D eigenvalue weighted by Gasteiger charge is 2.25. The number of rotatable bonds is 5. The van der Waals surface area contributed by atoms with E-state index in [9.17, 15) is 8.42 Å². The third kappa shape index (κ3) is 3.81. The third-order valence-corrected chi connectivity index (χ3v) is 5.71. The predicted molar refractivity (Wildman–Crippen MR) is 80.7 cm³/mol. The SMILES string of the molecule is CCC1CCC(NS(=O)(=O)c2cccc(CN)c2)CC1. The molecule has 1 aromatic rings. The van der Waals surface area contributed by atoms with Gasteiger partial charge in [-0.1, -0.05) is 25.5 Å². The fraction of sp³-hybridized carbons (Fsp3) is 0.600. The van der Waals surface area contributed by atoms with Crippen molar-refractivity contribution in [2.75, 3.05) is 0 Å². The number of nitrogens with one attached hydrogen (secondary N) is 1. The number of hydrogen-bond acceptors (Lipinski definition) is 3. The Kier molecular flexibility index (Phi) is 5.18. The first kappa shape index (κ1) is 15.5. The van der Waals surface area contributed by atoms with E-state index in [1.54, 1.807) is 18.2 Å². The fourth-order valence-electron chi connectivity index (χ4n) is 2.82. The second-order valence-electron chi connectivity index (χ2n) is 5.60. The molecule has 0 atom stereocenters. The maximum absolute atomic E-state index is 12.4. The Bertz CT molecular complexity index is 535. The van der Waals surface area contributed by atoms with Crippen LogP contribution in [0.3, 0.4) is 0 Å². The molecule has 2 rings (SSSR count). The van der Waals surface area contributed by atoms with E-state index < -0.39 is 10.0 Å². The summed E-state index contributed by atoms with van der Waals surface area (Å²) in [6, 6.07) is 6.93. The molecule has 5 heteroatoms. The van der Waals surface area contributed by atoms with Gasteiger partial charge in [-0.3, -0.25) is 0 Å². The van der Waals surface area contributed by atoms with Gasteiger partial charge in [0.1, 0.15) is 0 Å². The molecule has 1 saturated carbocycles. The van der Waals surface area contributed by atoms with Gasteiger partial charge in [-0.2, -0.15) is 0 Å². The normalized spacial score (nSPS) is 23.7. The van der Waals surface area contributed by atoms with E-state index in [1.807, 2.05) is 6.07 Å². The number of benzene rings is 1. The second-order valence-corrected chi connectivity index (χ2v) is 7.31. The molecule has 0 unspecified atom stereocenters. The Hall–Kier alpha value is -0.910. The highest BCUT2D eigenvalue weighted by atomic mass is 32.2. The molecule has 112 valence electrons. The quantitative estimate of drug-likeness (QED) is 0.876. The summed E-state index contributed by atoms with van der Waals surface area (Å²) in [6.45, 7) is 2.55. The Morgan fingerprint density at radius 1 is 1.25 bits per heavy atom. The van der Waals surface area contributed by atoms with Gasteiger partial charge in [0.15, 0.2) is 0 Å². The molecule has 0 radical (unpaired) electrons. The zero-order valence-electron chi connectivity index (χ0n) is 12.0. The van der Waals surface area contributed by atoms with Gasteiger partial charge >= 0.3 is 0 Å². The predicted octanol–water partition coefficient (Wildman–Crippen LogP) is 2.39. The zero-order valence-corrected chi connectivity index (χ0v) is 12.8. The molecule has 0 spiro atoms. The molecule has 0 bridgehead atoms. The molecule has 1 fully saturated rings. The highest BCUT2D eigenvalue weighted by molar-refractivity contribution is 7.89. The molecule has 3 N–H and O–H groups in total. The Balaban J connectivity index is 2.04. The molecule has 1 aromatic carbocycles. The molecule has 20 heavy (non-hydrogen) atoms. The van der Waals surface area contributed by atoms with Gasteiger partial charge in [-0.15, -0.1) is 0 Å². The zero-order chi connectivity index (χ0) is 14.6. The molecule has 0 heterocycles. The van der Waals surface area contributed by atoms with Crippen molar-refractivity contribution in [1.29, 1.82) is 0 Å². The summed E-state index contributed by atoms with van der Waals surface area (Å²) in [5.41, 5.74) is 6.40. The lowest BCUT2D eigenvalue weighted by atomic mass is 9.85. The van der Waals surface area contributed by atoms with Crippen LogP contribution < -0.4 is 10.5 Å². The van der Waals surface area contributed by atoms with Crippen molar-refractivity contribution in [1.82, 2.24) is 4.72 Å². The van der Waals surface area contributed by atoms with E-state index in [-0.39, 0.29) is 6.04 Å². The molecule has 0 aliphatic heterocycles. The minimum Gasteiger partial charge on any atom is -0.326 e. The van der Waals surface area contributed by atoms with Crippen LogP contribution in [0.5, 0.6) is 0 Å². The van der Waals surface area contributed by atoms with E-state index in [0.29, 0.717) is 11.4 Å². The van der Waals surface area contributed by atoms with E-state index >= 15 is 0 Å². The first-order valence-electron chi connectivity index (χ1n) is 7.36. The van der Waals surface area contributed by atoms with Crippen molar-refractivity contribution < 1.29 is 8.42 Å². The van der Waals surface area contributed by atoms with Crippen LogP contribution in [0.4, 0.5) is 0 Å². The number of hydrogen-bond donors (Lipinski definition) is 2. The lowest BCUT2D eigenvalue weighted by molar-refractivity contribution is 0.306. The number of sulfonamides is 1. The van der Waals surface area contributed by atoms with Crippen molar-refractivity contribution in [3.05, 3.63) is 29.8 Å². The summed E-state index contributed by atoms with van der Waals surface area (Å²) in [7, 11) is -3.42. The molecular weight excluding hydrogens is 272 g/mol. The maximum Gasteiger partial charge on any atom is 0.240 e. The lowest BCUT2D eigenvalue weighted by Gasteiger charge is -2.28. The summed E-state index contributed by atoms with van der Waals surface area (Å²) in [4.78, 5) is 0.318. The molecule has 1 aliphatic rings. The van der Waals surface area contributed by atoms with E-state index in [1.165, 1.54) is 6.42 Å². The summed E-state index contributed by atoms with van der Waals surface area (Å²) < 4.78 is 27.6. The van der Waals surface area contributed by atoms with Crippen LogP contribution in [0.1, 0.15) is 44.6 Å². The molecule has 0 aromatic heterocycles. The smallest absolute Gasteiger partial charge is 0.240 e. The van der Waals surface area contributed by atoms with Gasteiger partial charge < -0.3 is 5.73 Å². The molecule has 1 aliphatic carbocycles. The summed E-state index contributed by atoms with van der Waals surface area (Å²) in [5.74, 6) is 0.760. The highest BCUT2D eigenvalue weighted by Crippen LogP contribution is 2.27. The van der Waals surface area contributed by atoms with Gasteiger partial charge in [0.05, 0.1) is 4.90 Å². The topological polar surface area (TPSA) is 72.2 Å². The Morgan fingerprint density at radius 2 is 1.95 bits per heavy atom. The molecule has 0 saturated heterocycles. The molecule has 0 amide bonds. The van der Waals surface area contributed by atoms with Crippen molar-refractivity contribution in [2.24, 2.45) is 11.7 Å². The fourth-order valence-corrected chi connectivity index (χ4v) is 4.19. The van der Waals surface area contributed by atoms with E-state index in [0.717, 1.165) is 37.2 Å². The van der Waals surface area contributed by atoms with Crippen LogP contribution in [0.2, 0.25) is 0 Å². The summed E-state index contributed by atoms with van der Waals surface area (Å²) in [5, 5.41) is 0. The van der Waals surface area contributed by atoms with Crippen molar-refractivity contribution in [3.8, 4) is 0 Å². The number of nitrogens with two attached hydrogens (primary N) is 1. The van der Waals surface area contributed by atoms with Crippen LogP contribution in [0.15, 0.2) is 29.2 Å². The van der Waals surface area contributed by atoms with Crippen LogP contribution in [-0.4, -0.2) is 14.5 Å². The Morgan fingerprint density at radius 3 is 2.55 bits per heavy atom. The van der Waals surface area contributed by atoms with Crippen molar-refractivity contribution >= 4 is 10.0 Å². The monoisotopic (exact) mass is 296 g/mol. The van der Waals surface area contributed by atoms with Crippen molar-refractivity contribution in [3.63, 3.8) is 0 Å². The minimum absolute atomic E-state index is 0.0735. The van der Waals surface area contributed by atoms with Crippen LogP contribution in [-0.2, 0) is 16.6 Å². The second kappa shape index (κ2) is 6.70. The molecule has 4 nitrogen and oxygen atoms in total. The van der Waals surface area contributed by atoms with Gasteiger partial charge in [0.25, 0.3) is 0 Å². The first-order chi connectivity index (χ1) is 9.55. The van der Waals surface area contributed by atoms with Gasteiger partial charge in [-0.25, -0.2) is 13.1 Å². The van der Waals surface area contributed by atoms with Gasteiger partial charge in [0.2, 0.25) is 10.0 Å². The largest absolute Gasteiger partial charge is 0.326 e. The third-order valence-electron chi connectivity index (χ3n) is 4.19. The van der Waals surface area contributed by atoms with E-state index in [4.69, 9.17) is 5.73 Å². The average Bonchev–Trinajstić information content (AvgIpc) is 2.48. The van der Waals surface area contributed by atoms with Gasteiger partial charge in [0, 0.05) is 12.6 Å². The first-order valence-corrected chi connectivity index (χ1v) is 8.84. The lowest BCUT2D eigenvalue weighted by Crippen LogP contribution is -2.37. The van der Waals surface area contributed by atoms with Crippen molar-refractivity contribution in [2.45, 2.75) is 56.5 Å². The van der Waals surface area contributed by atoms with Crippen LogP contribution in [0, 0.1) is 5.92 Å². The van der Waals surface area contributed by atoms with Gasteiger partial charge in [-0.05, 0) is 49.3 Å². The minimum atomic E-state index is -3.42. The Labute approximate surface area is 121 Å². The van der Waals surface area contributed by atoms with E-state index in [2.05, 4.69) is 11.6 Å². The average molecular weight is 296 g/mol. The standard InChI is InChI=1S/C15H24N2O2S/c1-2-12-6-8-14(9-7-12)17-20(18,19)15-5-3-4-13(10-15)11-16/h3-5,10,12,14,17H,2,6-9,11,16H2,1H3. The molecular formula is C15H24N2O2S. The van der Waals surface area contributed by atoms with Crippen LogP contribution >= 0.6 is 0 Å².